The fourth-order valence-electron chi connectivity index (χ4n) is 1.93. The van der Waals surface area contributed by atoms with Crippen molar-refractivity contribution in [1.29, 1.82) is 0 Å². The van der Waals surface area contributed by atoms with Gasteiger partial charge < -0.3 is 15.4 Å². The number of nitrogens with one attached hydrogen (secondary N) is 2. The molecular weight excluding hydrogens is 337 g/mol. The quantitative estimate of drug-likeness (QED) is 0.863. The monoisotopic (exact) mass is 352 g/mol. The zero-order chi connectivity index (χ0) is 18.4. The lowest BCUT2D eigenvalue weighted by molar-refractivity contribution is -0.137. The lowest BCUT2D eigenvalue weighted by Gasteiger charge is -2.10. The fraction of sp³-hybridized carbons (Fsp3) is 0.176. The van der Waals surface area contributed by atoms with Crippen molar-refractivity contribution in [3.63, 3.8) is 0 Å². The van der Waals surface area contributed by atoms with E-state index in [-0.39, 0.29) is 18.2 Å². The van der Waals surface area contributed by atoms with E-state index in [1.54, 1.807) is 24.3 Å². The van der Waals surface area contributed by atoms with Gasteiger partial charge >= 0.3 is 6.18 Å². The molecule has 132 valence electrons. The summed E-state index contributed by atoms with van der Waals surface area (Å²) < 4.78 is 42.6. The summed E-state index contributed by atoms with van der Waals surface area (Å²) in [5, 5.41) is 5.03. The second-order valence-corrected chi connectivity index (χ2v) is 5.12. The highest BCUT2D eigenvalue weighted by Crippen LogP contribution is 2.29. The summed E-state index contributed by atoms with van der Waals surface area (Å²) in [6.07, 6.45) is -4.42. The molecule has 5 nitrogen and oxygen atoms in total. The minimum atomic E-state index is -4.42. The Balaban J connectivity index is 1.85. The lowest BCUT2D eigenvalue weighted by atomic mass is 10.2. The largest absolute Gasteiger partial charge is 0.484 e. The van der Waals surface area contributed by atoms with Gasteiger partial charge in [-0.1, -0.05) is 0 Å². The number of benzene rings is 2. The number of hydrogen-bond acceptors (Lipinski definition) is 3. The minimum absolute atomic E-state index is 0.204. The number of rotatable bonds is 5. The van der Waals surface area contributed by atoms with Gasteiger partial charge in [0, 0.05) is 18.3 Å². The Kier molecular flexibility index (Phi) is 5.63. The predicted octanol–water partition coefficient (Wildman–Crippen LogP) is 3.68. The smallest absolute Gasteiger partial charge is 0.416 e. The number of alkyl halides is 3. The molecule has 0 aliphatic heterocycles. The summed E-state index contributed by atoms with van der Waals surface area (Å²) in [5.41, 5.74) is 0.0395. The first-order chi connectivity index (χ1) is 11.7. The summed E-state index contributed by atoms with van der Waals surface area (Å²) in [7, 11) is 0. The molecule has 2 aromatic rings. The normalized spacial score (nSPS) is 10.9. The van der Waals surface area contributed by atoms with Crippen LogP contribution in [0.3, 0.4) is 0 Å². The SMILES string of the molecule is CC(=O)Nc1ccc(OCC(=O)Nc2ccc(C(F)(F)F)cc2)cc1. The van der Waals surface area contributed by atoms with Crippen molar-refractivity contribution in [2.45, 2.75) is 13.1 Å². The fourth-order valence-corrected chi connectivity index (χ4v) is 1.93. The van der Waals surface area contributed by atoms with E-state index in [0.717, 1.165) is 12.1 Å². The van der Waals surface area contributed by atoms with E-state index in [1.807, 2.05) is 0 Å². The van der Waals surface area contributed by atoms with Crippen LogP contribution in [0.4, 0.5) is 24.5 Å². The third-order valence-corrected chi connectivity index (χ3v) is 3.04. The number of amides is 2. The van der Waals surface area contributed by atoms with E-state index in [9.17, 15) is 22.8 Å². The molecular formula is C17H15F3N2O3. The summed E-state index contributed by atoms with van der Waals surface area (Å²) in [6, 6.07) is 10.5. The van der Waals surface area contributed by atoms with Gasteiger partial charge in [0.2, 0.25) is 5.91 Å². The average Bonchev–Trinajstić information content (AvgIpc) is 2.53. The zero-order valence-electron chi connectivity index (χ0n) is 13.2. The number of anilines is 2. The van der Waals surface area contributed by atoms with Crippen molar-refractivity contribution < 1.29 is 27.5 Å². The van der Waals surface area contributed by atoms with Crippen molar-refractivity contribution >= 4 is 23.2 Å². The van der Waals surface area contributed by atoms with Crippen LogP contribution in [0.25, 0.3) is 0 Å². The first-order valence-electron chi connectivity index (χ1n) is 7.21. The molecule has 0 fully saturated rings. The highest BCUT2D eigenvalue weighted by molar-refractivity contribution is 5.92. The van der Waals surface area contributed by atoms with Gasteiger partial charge in [-0.3, -0.25) is 9.59 Å². The van der Waals surface area contributed by atoms with E-state index >= 15 is 0 Å². The molecule has 2 N–H and O–H groups in total. The molecule has 8 heteroatoms. The van der Waals surface area contributed by atoms with Crippen LogP contribution in [-0.2, 0) is 15.8 Å². The minimum Gasteiger partial charge on any atom is -0.484 e. The van der Waals surface area contributed by atoms with E-state index in [0.29, 0.717) is 11.4 Å². The number of ether oxygens (including phenoxy) is 1. The van der Waals surface area contributed by atoms with Crippen LogP contribution < -0.4 is 15.4 Å². The van der Waals surface area contributed by atoms with E-state index in [1.165, 1.54) is 19.1 Å². The zero-order valence-corrected chi connectivity index (χ0v) is 13.2. The van der Waals surface area contributed by atoms with Crippen molar-refractivity contribution in [2.24, 2.45) is 0 Å². The molecule has 25 heavy (non-hydrogen) atoms. The van der Waals surface area contributed by atoms with E-state index in [4.69, 9.17) is 4.74 Å². The molecule has 0 saturated carbocycles. The molecule has 2 aromatic carbocycles. The van der Waals surface area contributed by atoms with Crippen LogP contribution in [-0.4, -0.2) is 18.4 Å². The molecule has 0 radical (unpaired) electrons. The Labute approximate surface area is 141 Å². The molecule has 0 heterocycles. The van der Waals surface area contributed by atoms with Crippen LogP contribution in [0.1, 0.15) is 12.5 Å². The molecule has 0 aliphatic rings. The van der Waals surface area contributed by atoms with Gasteiger partial charge in [-0.05, 0) is 48.5 Å². The Morgan fingerprint density at radius 3 is 1.96 bits per heavy atom. The van der Waals surface area contributed by atoms with Crippen molar-refractivity contribution in [1.82, 2.24) is 0 Å². The number of carbonyl (C=O) groups excluding carboxylic acids is 2. The maximum absolute atomic E-state index is 12.5. The van der Waals surface area contributed by atoms with Gasteiger partial charge in [-0.25, -0.2) is 0 Å². The molecule has 0 aliphatic carbocycles. The molecule has 2 amide bonds. The second-order valence-electron chi connectivity index (χ2n) is 5.12. The van der Waals surface area contributed by atoms with Gasteiger partial charge in [0.15, 0.2) is 6.61 Å². The van der Waals surface area contributed by atoms with Crippen LogP contribution >= 0.6 is 0 Å². The molecule has 0 saturated heterocycles. The number of halogens is 3. The first kappa shape index (κ1) is 18.3. The van der Waals surface area contributed by atoms with Crippen LogP contribution in [0.5, 0.6) is 5.75 Å². The Hall–Kier alpha value is -3.03. The molecule has 0 bridgehead atoms. The second kappa shape index (κ2) is 7.69. The Morgan fingerprint density at radius 1 is 0.920 bits per heavy atom. The van der Waals surface area contributed by atoms with Gasteiger partial charge in [0.25, 0.3) is 5.91 Å². The maximum Gasteiger partial charge on any atom is 0.416 e. The van der Waals surface area contributed by atoms with Gasteiger partial charge in [-0.2, -0.15) is 13.2 Å². The highest BCUT2D eigenvalue weighted by atomic mass is 19.4. The third kappa shape index (κ3) is 5.83. The first-order valence-corrected chi connectivity index (χ1v) is 7.21. The number of hydrogen-bond donors (Lipinski definition) is 2. The molecule has 0 unspecified atom stereocenters. The van der Waals surface area contributed by atoms with E-state index < -0.39 is 17.6 Å². The third-order valence-electron chi connectivity index (χ3n) is 3.04. The molecule has 0 atom stereocenters. The Bertz CT molecular complexity index is 741. The van der Waals surface area contributed by atoms with Crippen LogP contribution in [0.15, 0.2) is 48.5 Å². The number of carbonyl (C=O) groups is 2. The average molecular weight is 352 g/mol. The highest BCUT2D eigenvalue weighted by Gasteiger charge is 2.29. The van der Waals surface area contributed by atoms with Crippen LogP contribution in [0.2, 0.25) is 0 Å². The van der Waals surface area contributed by atoms with Gasteiger partial charge in [0.05, 0.1) is 5.56 Å². The summed E-state index contributed by atoms with van der Waals surface area (Å²) in [6.45, 7) is 1.08. The summed E-state index contributed by atoms with van der Waals surface area (Å²) in [4.78, 5) is 22.7. The van der Waals surface area contributed by atoms with Crippen molar-refractivity contribution in [3.8, 4) is 5.75 Å². The van der Waals surface area contributed by atoms with Gasteiger partial charge in [-0.15, -0.1) is 0 Å². The standard InChI is InChI=1S/C17H15F3N2O3/c1-11(23)21-13-6-8-15(9-7-13)25-10-16(24)22-14-4-2-12(3-5-14)17(18,19)20/h2-9H,10H2,1H3,(H,21,23)(H,22,24). The molecule has 0 aromatic heterocycles. The molecule has 0 spiro atoms. The maximum atomic E-state index is 12.5. The Morgan fingerprint density at radius 2 is 1.44 bits per heavy atom. The van der Waals surface area contributed by atoms with Crippen LogP contribution in [0, 0.1) is 0 Å². The lowest BCUT2D eigenvalue weighted by Crippen LogP contribution is -2.20. The molecule has 2 rings (SSSR count). The van der Waals surface area contributed by atoms with E-state index in [2.05, 4.69) is 10.6 Å². The van der Waals surface area contributed by atoms with Crippen molar-refractivity contribution in [3.05, 3.63) is 54.1 Å². The van der Waals surface area contributed by atoms with Crippen molar-refractivity contribution in [2.75, 3.05) is 17.2 Å². The predicted molar refractivity (Wildman–Crippen MR) is 86.3 cm³/mol. The van der Waals surface area contributed by atoms with Gasteiger partial charge in [0.1, 0.15) is 5.75 Å². The summed E-state index contributed by atoms with van der Waals surface area (Å²) >= 11 is 0. The topological polar surface area (TPSA) is 67.4 Å². The summed E-state index contributed by atoms with van der Waals surface area (Å²) in [5.74, 6) is -0.299.